The van der Waals surface area contributed by atoms with Crippen molar-refractivity contribution in [3.05, 3.63) is 76.6 Å². The van der Waals surface area contributed by atoms with Gasteiger partial charge in [-0.1, -0.05) is 26.0 Å². The van der Waals surface area contributed by atoms with E-state index in [9.17, 15) is 4.39 Å². The summed E-state index contributed by atoms with van der Waals surface area (Å²) in [6, 6.07) is 12.5. The van der Waals surface area contributed by atoms with Crippen LogP contribution in [0, 0.1) is 0 Å². The zero-order valence-corrected chi connectivity index (χ0v) is 23.1. The van der Waals surface area contributed by atoms with Gasteiger partial charge in [-0.15, -0.1) is 0 Å². The van der Waals surface area contributed by atoms with Gasteiger partial charge in [0, 0.05) is 87.0 Å². The van der Waals surface area contributed by atoms with Gasteiger partial charge >= 0.3 is 0 Å². The van der Waals surface area contributed by atoms with Crippen molar-refractivity contribution in [2.45, 2.75) is 45.4 Å². The smallest absolute Gasteiger partial charge is 0.134 e. The number of morpholine rings is 1. The average molecular weight is 531 g/mol. The Kier molecular flexibility index (Phi) is 7.51. The molecule has 0 unspecified atom stereocenters. The molecule has 0 bridgehead atoms. The molecule has 0 spiro atoms. The van der Waals surface area contributed by atoms with Crippen molar-refractivity contribution < 1.29 is 9.13 Å². The summed E-state index contributed by atoms with van der Waals surface area (Å²) >= 11 is 0. The molecular formula is C31H39FN6O. The third-order valence-corrected chi connectivity index (χ3v) is 8.40. The molecule has 2 aromatic heterocycles. The van der Waals surface area contributed by atoms with Crippen molar-refractivity contribution in [2.24, 2.45) is 0 Å². The molecule has 1 saturated heterocycles. The summed E-state index contributed by atoms with van der Waals surface area (Å²) in [6.45, 7) is 13.7. The highest BCUT2D eigenvalue weighted by atomic mass is 19.1. The van der Waals surface area contributed by atoms with Crippen molar-refractivity contribution in [3.8, 4) is 0 Å². The molecule has 0 aliphatic carbocycles. The van der Waals surface area contributed by atoms with Crippen LogP contribution in [0.15, 0.2) is 48.8 Å². The van der Waals surface area contributed by atoms with Gasteiger partial charge in [0.2, 0.25) is 0 Å². The number of pyridine rings is 2. The third-order valence-electron chi connectivity index (χ3n) is 8.40. The topological polar surface area (TPSA) is 56.8 Å². The number of nitrogens with one attached hydrogen (secondary N) is 1. The summed E-state index contributed by atoms with van der Waals surface area (Å²) in [4.78, 5) is 16.5. The molecule has 39 heavy (non-hydrogen) atoms. The van der Waals surface area contributed by atoms with Crippen LogP contribution in [0.5, 0.6) is 0 Å². The first-order chi connectivity index (χ1) is 19.0. The van der Waals surface area contributed by atoms with Gasteiger partial charge in [0.15, 0.2) is 0 Å². The SMILES string of the molecule is CC1(C)CN(CCN2CCOCC2)Cc2cc(Nc3nccc4c3CCN(c3ncccc3CF)C4)ccc21. The second-order valence-electron chi connectivity index (χ2n) is 11.6. The van der Waals surface area contributed by atoms with Crippen molar-refractivity contribution in [1.82, 2.24) is 19.8 Å². The molecule has 3 aromatic rings. The van der Waals surface area contributed by atoms with Crippen molar-refractivity contribution >= 4 is 17.3 Å². The molecule has 6 rings (SSSR count). The monoisotopic (exact) mass is 530 g/mol. The highest BCUT2D eigenvalue weighted by Gasteiger charge is 2.32. The number of nitrogens with zero attached hydrogens (tertiary/aromatic N) is 5. The van der Waals surface area contributed by atoms with E-state index in [0.717, 1.165) is 82.8 Å². The summed E-state index contributed by atoms with van der Waals surface area (Å²) in [5, 5.41) is 3.64. The summed E-state index contributed by atoms with van der Waals surface area (Å²) in [6.07, 6.45) is 4.44. The highest BCUT2D eigenvalue weighted by molar-refractivity contribution is 5.64. The Labute approximate surface area is 231 Å². The zero-order chi connectivity index (χ0) is 26.8. The number of halogens is 1. The number of ether oxygens (including phenoxy) is 1. The summed E-state index contributed by atoms with van der Waals surface area (Å²) in [7, 11) is 0. The minimum absolute atomic E-state index is 0.106. The van der Waals surface area contributed by atoms with Crippen molar-refractivity contribution in [2.75, 3.05) is 62.7 Å². The Balaban J connectivity index is 1.18. The normalized spacial score (nSPS) is 19.4. The van der Waals surface area contributed by atoms with Crippen LogP contribution in [0.2, 0.25) is 0 Å². The Morgan fingerprint density at radius 1 is 0.949 bits per heavy atom. The largest absolute Gasteiger partial charge is 0.379 e. The molecule has 8 heteroatoms. The molecular weight excluding hydrogens is 491 g/mol. The van der Waals surface area contributed by atoms with Gasteiger partial charge in [0.25, 0.3) is 0 Å². The van der Waals surface area contributed by atoms with Crippen LogP contribution in [-0.2, 0) is 36.3 Å². The van der Waals surface area contributed by atoms with E-state index in [4.69, 9.17) is 9.72 Å². The van der Waals surface area contributed by atoms with Gasteiger partial charge in [0.05, 0.1) is 13.2 Å². The van der Waals surface area contributed by atoms with Crippen LogP contribution >= 0.6 is 0 Å². The first-order valence-electron chi connectivity index (χ1n) is 14.1. The minimum Gasteiger partial charge on any atom is -0.379 e. The lowest BCUT2D eigenvalue weighted by atomic mass is 9.78. The predicted molar refractivity (Wildman–Crippen MR) is 153 cm³/mol. The van der Waals surface area contributed by atoms with Gasteiger partial charge in [-0.2, -0.15) is 0 Å². The summed E-state index contributed by atoms with van der Waals surface area (Å²) in [5.41, 5.74) is 7.10. The van der Waals surface area contributed by atoms with Gasteiger partial charge in [0.1, 0.15) is 18.3 Å². The fourth-order valence-electron chi connectivity index (χ4n) is 6.40. The van der Waals surface area contributed by atoms with E-state index in [1.54, 1.807) is 12.3 Å². The predicted octanol–water partition coefficient (Wildman–Crippen LogP) is 4.68. The first-order valence-corrected chi connectivity index (χ1v) is 14.1. The molecule has 0 amide bonds. The number of rotatable bonds is 7. The lowest BCUT2D eigenvalue weighted by molar-refractivity contribution is 0.0312. The van der Waals surface area contributed by atoms with Gasteiger partial charge in [-0.05, 0) is 47.4 Å². The molecule has 1 N–H and O–H groups in total. The van der Waals surface area contributed by atoms with E-state index in [2.05, 4.69) is 63.1 Å². The molecule has 5 heterocycles. The van der Waals surface area contributed by atoms with E-state index >= 15 is 0 Å². The molecule has 1 aromatic carbocycles. The van der Waals surface area contributed by atoms with Crippen molar-refractivity contribution in [3.63, 3.8) is 0 Å². The summed E-state index contributed by atoms with van der Waals surface area (Å²) in [5.74, 6) is 1.66. The number of alkyl halides is 1. The molecule has 206 valence electrons. The van der Waals surface area contributed by atoms with Gasteiger partial charge in [-0.25, -0.2) is 14.4 Å². The third kappa shape index (κ3) is 5.64. The van der Waals surface area contributed by atoms with Gasteiger partial charge < -0.3 is 15.0 Å². The van der Waals surface area contributed by atoms with Gasteiger partial charge in [-0.3, -0.25) is 9.80 Å². The molecule has 3 aliphatic rings. The standard InChI is InChI=1S/C31H39FN6O/c1-31(2)22-37(13-12-36-14-16-39-17-15-36)20-25-18-26(5-6-28(25)31)35-29-27-8-11-38(21-24(27)7-10-33-29)30-23(19-32)4-3-9-34-30/h3-7,9-10,18H,8,11-17,19-22H2,1-2H3,(H,33,35). The van der Waals surface area contributed by atoms with Crippen LogP contribution < -0.4 is 10.2 Å². The lowest BCUT2D eigenvalue weighted by Crippen LogP contribution is -2.46. The maximum Gasteiger partial charge on any atom is 0.134 e. The number of aromatic nitrogens is 2. The summed E-state index contributed by atoms with van der Waals surface area (Å²) < 4.78 is 19.1. The average Bonchev–Trinajstić information content (AvgIpc) is 2.96. The van der Waals surface area contributed by atoms with Crippen LogP contribution in [0.25, 0.3) is 0 Å². The first kappa shape index (κ1) is 26.2. The fraction of sp³-hybridized carbons (Fsp3) is 0.484. The van der Waals surface area contributed by atoms with Crippen LogP contribution in [0.4, 0.5) is 21.7 Å². The Hall–Kier alpha value is -3.07. The Morgan fingerprint density at radius 3 is 2.64 bits per heavy atom. The molecule has 7 nitrogen and oxygen atoms in total. The second-order valence-corrected chi connectivity index (χ2v) is 11.6. The number of benzene rings is 1. The number of hydrogen-bond acceptors (Lipinski definition) is 7. The van der Waals surface area contributed by atoms with E-state index in [-0.39, 0.29) is 5.41 Å². The zero-order valence-electron chi connectivity index (χ0n) is 23.1. The maximum absolute atomic E-state index is 13.6. The van der Waals surface area contributed by atoms with Crippen LogP contribution in [0.1, 0.15) is 41.7 Å². The Bertz CT molecular complexity index is 1310. The van der Waals surface area contributed by atoms with E-state index in [1.807, 2.05) is 12.3 Å². The minimum atomic E-state index is -0.505. The number of hydrogen-bond donors (Lipinski definition) is 1. The Morgan fingerprint density at radius 2 is 1.79 bits per heavy atom. The van der Waals surface area contributed by atoms with Crippen molar-refractivity contribution in [1.29, 1.82) is 0 Å². The van der Waals surface area contributed by atoms with Crippen LogP contribution in [0.3, 0.4) is 0 Å². The molecule has 0 saturated carbocycles. The highest BCUT2D eigenvalue weighted by Crippen LogP contribution is 2.36. The molecule has 3 aliphatic heterocycles. The number of anilines is 3. The van der Waals surface area contributed by atoms with E-state index < -0.39 is 6.67 Å². The molecule has 0 radical (unpaired) electrons. The molecule has 1 fully saturated rings. The maximum atomic E-state index is 13.6. The fourth-order valence-corrected chi connectivity index (χ4v) is 6.40. The second kappa shape index (κ2) is 11.2. The quantitative estimate of drug-likeness (QED) is 0.476. The molecule has 0 atom stereocenters. The lowest BCUT2D eigenvalue weighted by Gasteiger charge is -2.41. The van der Waals surface area contributed by atoms with E-state index in [0.29, 0.717) is 12.1 Å². The van der Waals surface area contributed by atoms with E-state index in [1.165, 1.54) is 22.3 Å². The number of fused-ring (bicyclic) bond motifs is 2. The van der Waals surface area contributed by atoms with Crippen LogP contribution in [-0.4, -0.2) is 72.3 Å².